The highest BCUT2D eigenvalue weighted by Gasteiger charge is 2.27. The molecule has 0 saturated heterocycles. The monoisotopic (exact) mass is 417 g/mol. The minimum Gasteiger partial charge on any atom is -0.337 e. The molecule has 0 N–H and O–H groups in total. The van der Waals surface area contributed by atoms with Crippen molar-refractivity contribution in [3.05, 3.63) is 70.3 Å². The van der Waals surface area contributed by atoms with Crippen molar-refractivity contribution in [1.29, 1.82) is 5.26 Å². The van der Waals surface area contributed by atoms with E-state index in [9.17, 15) is 10.1 Å². The van der Waals surface area contributed by atoms with Crippen LogP contribution in [-0.2, 0) is 4.79 Å². The van der Waals surface area contributed by atoms with Crippen LogP contribution in [0.3, 0.4) is 0 Å². The van der Waals surface area contributed by atoms with Crippen LogP contribution in [0.1, 0.15) is 11.1 Å². The normalized spacial score (nSPS) is 14.6. The maximum atomic E-state index is 12.9. The summed E-state index contributed by atoms with van der Waals surface area (Å²) in [5, 5.41) is 12.3. The van der Waals surface area contributed by atoms with Crippen LogP contribution in [0, 0.1) is 25.2 Å². The van der Waals surface area contributed by atoms with E-state index in [1.807, 2.05) is 61.3 Å². The molecule has 0 saturated carbocycles. The van der Waals surface area contributed by atoms with E-state index in [-0.39, 0.29) is 17.1 Å². The van der Waals surface area contributed by atoms with Gasteiger partial charge in [-0.15, -0.1) is 0 Å². The van der Waals surface area contributed by atoms with Crippen LogP contribution in [-0.4, -0.2) is 23.6 Å². The summed E-state index contributed by atoms with van der Waals surface area (Å²) in [5.41, 5.74) is 4.43. The van der Waals surface area contributed by atoms with Gasteiger partial charge in [0.2, 0.25) is 0 Å². The zero-order chi connectivity index (χ0) is 20.5. The number of carbonyl (C=O) groups excluding carboxylic acids is 1. The van der Waals surface area contributed by atoms with Crippen LogP contribution in [0.15, 0.2) is 69.1 Å². The van der Waals surface area contributed by atoms with Crippen LogP contribution in [0.25, 0.3) is 10.9 Å². The van der Waals surface area contributed by atoms with E-state index in [1.165, 1.54) is 23.5 Å². The molecule has 2 aromatic carbocycles. The summed E-state index contributed by atoms with van der Waals surface area (Å²) in [6.45, 7) is 4.09. The number of thioether (sulfide) groups is 2. The zero-order valence-corrected chi connectivity index (χ0v) is 18.0. The Labute approximate surface area is 178 Å². The number of ketones is 1. The molecule has 1 aliphatic rings. The van der Waals surface area contributed by atoms with Crippen molar-refractivity contribution in [2.45, 2.75) is 23.8 Å². The van der Waals surface area contributed by atoms with Crippen molar-refractivity contribution >= 4 is 45.9 Å². The number of benzene rings is 2. The fourth-order valence-electron chi connectivity index (χ4n) is 3.37. The molecule has 0 aliphatic carbocycles. The second kappa shape index (κ2) is 7.94. The third kappa shape index (κ3) is 3.64. The van der Waals surface area contributed by atoms with Crippen LogP contribution in [0.2, 0.25) is 0 Å². The summed E-state index contributed by atoms with van der Waals surface area (Å²) < 4.78 is 0. The Hall–Kier alpha value is -2.75. The van der Waals surface area contributed by atoms with Gasteiger partial charge in [-0.2, -0.15) is 5.26 Å². The Bertz CT molecular complexity index is 1210. The summed E-state index contributed by atoms with van der Waals surface area (Å²) in [6, 6.07) is 18.2. The van der Waals surface area contributed by atoms with Gasteiger partial charge < -0.3 is 4.90 Å². The van der Waals surface area contributed by atoms with Crippen molar-refractivity contribution in [2.24, 2.45) is 0 Å². The van der Waals surface area contributed by atoms with Crippen molar-refractivity contribution in [3.8, 4) is 6.07 Å². The van der Waals surface area contributed by atoms with E-state index < -0.39 is 0 Å². The summed E-state index contributed by atoms with van der Waals surface area (Å²) in [7, 11) is 1.89. The summed E-state index contributed by atoms with van der Waals surface area (Å²) in [5.74, 6) is 0.00465. The average Bonchev–Trinajstić information content (AvgIpc) is 3.04. The molecule has 0 atom stereocenters. The number of hydrogen-bond acceptors (Lipinski definition) is 6. The first-order valence-electron chi connectivity index (χ1n) is 9.17. The molecule has 0 radical (unpaired) electrons. The van der Waals surface area contributed by atoms with E-state index in [0.29, 0.717) is 5.03 Å². The number of nitriles is 1. The molecule has 1 aliphatic heterocycles. The van der Waals surface area contributed by atoms with Crippen LogP contribution < -0.4 is 4.90 Å². The van der Waals surface area contributed by atoms with Gasteiger partial charge in [0.1, 0.15) is 16.7 Å². The zero-order valence-electron chi connectivity index (χ0n) is 16.4. The van der Waals surface area contributed by atoms with Crippen molar-refractivity contribution in [2.75, 3.05) is 17.7 Å². The quantitative estimate of drug-likeness (QED) is 0.318. The first-order valence-corrected chi connectivity index (χ1v) is 11.0. The predicted octanol–water partition coefficient (Wildman–Crippen LogP) is 5.49. The van der Waals surface area contributed by atoms with Gasteiger partial charge in [-0.1, -0.05) is 53.9 Å². The number of carbonyl (C=O) groups is 1. The highest BCUT2D eigenvalue weighted by molar-refractivity contribution is 8.03. The smallest absolute Gasteiger partial charge is 0.186 e. The lowest BCUT2D eigenvalue weighted by Gasteiger charge is -2.14. The minimum atomic E-state index is -0.177. The highest BCUT2D eigenvalue weighted by atomic mass is 32.2. The summed E-state index contributed by atoms with van der Waals surface area (Å²) >= 11 is 2.85. The molecule has 0 fully saturated rings. The maximum absolute atomic E-state index is 12.9. The Kier molecular flexibility index (Phi) is 5.35. The second-order valence-electron chi connectivity index (χ2n) is 6.88. The number of aromatic nitrogens is 1. The maximum Gasteiger partial charge on any atom is 0.186 e. The largest absolute Gasteiger partial charge is 0.337 e. The number of Topliss-reactive ketones (excluding diaryl/α,β-unsaturated/α-hetero) is 1. The predicted molar refractivity (Wildman–Crippen MR) is 120 cm³/mol. The molecule has 2 heterocycles. The molecule has 0 amide bonds. The molecular formula is C23H19N3OS2. The van der Waals surface area contributed by atoms with E-state index in [4.69, 9.17) is 4.98 Å². The first-order chi connectivity index (χ1) is 14.0. The van der Waals surface area contributed by atoms with Gasteiger partial charge >= 0.3 is 0 Å². The van der Waals surface area contributed by atoms with Crippen LogP contribution in [0.5, 0.6) is 0 Å². The first kappa shape index (κ1) is 19.6. The Morgan fingerprint density at radius 2 is 1.97 bits per heavy atom. The lowest BCUT2D eigenvalue weighted by molar-refractivity contribution is -0.112. The summed E-state index contributed by atoms with van der Waals surface area (Å²) in [4.78, 5) is 20.6. The molecular weight excluding hydrogens is 398 g/mol. The number of pyridine rings is 1. The number of aryl methyl sites for hydroxylation is 2. The van der Waals surface area contributed by atoms with Gasteiger partial charge in [-0.25, -0.2) is 4.98 Å². The number of rotatable bonds is 4. The molecule has 0 unspecified atom stereocenters. The SMILES string of the molecule is Cc1cc(SCC(=O)/C(C#N)=C2\Sc3ccccc3N2C)nc2c(C)cccc12. The lowest BCUT2D eigenvalue weighted by Crippen LogP contribution is -2.16. The molecule has 0 bridgehead atoms. The van der Waals surface area contributed by atoms with Gasteiger partial charge in [0.25, 0.3) is 0 Å². The number of nitrogens with zero attached hydrogens (tertiary/aromatic N) is 3. The van der Waals surface area contributed by atoms with Gasteiger partial charge in [-0.3, -0.25) is 4.79 Å². The third-order valence-corrected chi connectivity index (χ3v) is 7.07. The van der Waals surface area contributed by atoms with Gasteiger partial charge in [0, 0.05) is 17.3 Å². The number of allylic oxidation sites excluding steroid dienone is 1. The topological polar surface area (TPSA) is 57.0 Å². The van der Waals surface area contributed by atoms with Crippen LogP contribution >= 0.6 is 23.5 Å². The molecule has 1 aromatic heterocycles. The Balaban J connectivity index is 1.58. The number of para-hydroxylation sites is 2. The number of hydrogen-bond donors (Lipinski definition) is 0. The van der Waals surface area contributed by atoms with E-state index >= 15 is 0 Å². The molecule has 0 spiro atoms. The average molecular weight is 418 g/mol. The fourth-order valence-corrected chi connectivity index (χ4v) is 5.37. The fraction of sp³-hybridized carbons (Fsp3) is 0.174. The molecule has 29 heavy (non-hydrogen) atoms. The second-order valence-corrected chi connectivity index (χ2v) is 8.91. The number of fused-ring (bicyclic) bond motifs is 2. The molecule has 3 aromatic rings. The highest BCUT2D eigenvalue weighted by Crippen LogP contribution is 2.46. The molecule has 6 heteroatoms. The van der Waals surface area contributed by atoms with Crippen molar-refractivity contribution < 1.29 is 4.79 Å². The minimum absolute atomic E-state index is 0.177. The lowest BCUT2D eigenvalue weighted by atomic mass is 10.1. The number of anilines is 1. The summed E-state index contributed by atoms with van der Waals surface area (Å²) in [6.07, 6.45) is 0. The third-order valence-electron chi connectivity index (χ3n) is 4.92. The standard InChI is InChI=1S/C23H19N3OS2/c1-14-7-6-8-16-15(2)11-21(25-22(14)16)28-13-19(27)17(12-24)23-26(3)18-9-4-5-10-20(18)29-23/h4-11H,13H2,1-3H3/b23-17-. The molecule has 4 rings (SSSR count). The Morgan fingerprint density at radius 3 is 2.72 bits per heavy atom. The van der Waals surface area contributed by atoms with Crippen molar-refractivity contribution in [1.82, 2.24) is 4.98 Å². The molecule has 4 nitrogen and oxygen atoms in total. The van der Waals surface area contributed by atoms with Gasteiger partial charge in [0.05, 0.1) is 22.0 Å². The molecule has 144 valence electrons. The van der Waals surface area contributed by atoms with E-state index in [1.54, 1.807) is 0 Å². The van der Waals surface area contributed by atoms with E-state index in [2.05, 4.69) is 19.1 Å². The van der Waals surface area contributed by atoms with Gasteiger partial charge in [-0.05, 0) is 43.2 Å². The Morgan fingerprint density at radius 1 is 1.17 bits per heavy atom. The van der Waals surface area contributed by atoms with E-state index in [0.717, 1.165) is 37.6 Å². The van der Waals surface area contributed by atoms with Gasteiger partial charge in [0.15, 0.2) is 5.78 Å². The van der Waals surface area contributed by atoms with Crippen molar-refractivity contribution in [3.63, 3.8) is 0 Å². The van der Waals surface area contributed by atoms with Crippen LogP contribution in [0.4, 0.5) is 5.69 Å².